The summed E-state index contributed by atoms with van der Waals surface area (Å²) in [6.45, 7) is 7.90. The lowest BCUT2D eigenvalue weighted by atomic mass is 9.58. The summed E-state index contributed by atoms with van der Waals surface area (Å²) >= 11 is 0. The summed E-state index contributed by atoms with van der Waals surface area (Å²) in [5.74, 6) is -0.743. The van der Waals surface area contributed by atoms with Crippen LogP contribution in [0.5, 0.6) is 5.75 Å². The number of benzene rings is 2. The molecule has 0 aromatic heterocycles. The number of carboxylic acid groups (broad SMARTS) is 1. The molecule has 0 spiro atoms. The van der Waals surface area contributed by atoms with E-state index in [0.717, 1.165) is 31.2 Å². The molecule has 2 saturated carbocycles. The molecule has 2 fully saturated rings. The zero-order chi connectivity index (χ0) is 24.8. The number of hydrogen-bond acceptors (Lipinski definition) is 3. The summed E-state index contributed by atoms with van der Waals surface area (Å²) in [6.07, 6.45) is -0.761. The molecule has 2 aliphatic carbocycles. The fourth-order valence-corrected chi connectivity index (χ4v) is 5.53. The van der Waals surface area contributed by atoms with Crippen molar-refractivity contribution < 1.29 is 27.8 Å². The minimum absolute atomic E-state index is 0.0234. The van der Waals surface area contributed by atoms with Crippen molar-refractivity contribution in [1.82, 2.24) is 5.32 Å². The van der Waals surface area contributed by atoms with Crippen LogP contribution in [-0.2, 0) is 11.0 Å². The van der Waals surface area contributed by atoms with E-state index < -0.39 is 29.0 Å². The zero-order valence-corrected chi connectivity index (χ0v) is 20.2. The quantitative estimate of drug-likeness (QED) is 0.472. The standard InChI is InChI=1S/C27H34F3NO3/c1-15-5-10-19(11-6-15)34-22-12-9-17-7-8-18(13-20(17)24(22)27(28,29)30)16(2)31-23-14-21(25(32)33)26(23,3)4/h7-9,12-13,15-16,19,21,23,31H,5-6,10-11,14H2,1-4H3,(H,32,33)/t15?,16?,19?,21-,23-/m0/s1. The lowest BCUT2D eigenvalue weighted by Gasteiger charge is -2.51. The van der Waals surface area contributed by atoms with Gasteiger partial charge in [0.15, 0.2) is 0 Å². The van der Waals surface area contributed by atoms with Crippen LogP contribution in [0.15, 0.2) is 30.3 Å². The van der Waals surface area contributed by atoms with Gasteiger partial charge in [-0.05, 0) is 78.8 Å². The molecule has 4 nitrogen and oxygen atoms in total. The number of ether oxygens (including phenoxy) is 1. The molecule has 2 aromatic rings. The van der Waals surface area contributed by atoms with Gasteiger partial charge >= 0.3 is 12.1 Å². The molecular formula is C27H34F3NO3. The van der Waals surface area contributed by atoms with E-state index >= 15 is 0 Å². The predicted molar refractivity (Wildman–Crippen MR) is 126 cm³/mol. The number of fused-ring (bicyclic) bond motifs is 1. The Balaban J connectivity index is 1.62. The van der Waals surface area contributed by atoms with Crippen LogP contribution in [-0.4, -0.2) is 23.2 Å². The summed E-state index contributed by atoms with van der Waals surface area (Å²) in [4.78, 5) is 11.4. The van der Waals surface area contributed by atoms with Crippen LogP contribution in [0.25, 0.3) is 10.8 Å². The normalized spacial score (nSPS) is 27.7. The minimum atomic E-state index is -4.54. The molecule has 7 heteroatoms. The van der Waals surface area contributed by atoms with Gasteiger partial charge in [0, 0.05) is 12.1 Å². The first kappa shape index (κ1) is 24.8. The highest BCUT2D eigenvalue weighted by molar-refractivity contribution is 5.89. The maximum Gasteiger partial charge on any atom is 0.420 e. The third-order valence-corrected chi connectivity index (χ3v) is 8.06. The van der Waals surface area contributed by atoms with E-state index in [-0.39, 0.29) is 29.3 Å². The van der Waals surface area contributed by atoms with Gasteiger partial charge in [-0.1, -0.05) is 39.0 Å². The van der Waals surface area contributed by atoms with Crippen LogP contribution >= 0.6 is 0 Å². The van der Waals surface area contributed by atoms with Crippen LogP contribution in [0, 0.1) is 17.3 Å². The van der Waals surface area contributed by atoms with Crippen LogP contribution in [0.4, 0.5) is 13.2 Å². The average Bonchev–Trinajstić information content (AvgIpc) is 2.76. The Labute approximate surface area is 198 Å². The van der Waals surface area contributed by atoms with Crippen LogP contribution in [0.2, 0.25) is 0 Å². The number of carboxylic acids is 1. The highest BCUT2D eigenvalue weighted by atomic mass is 19.4. The molecule has 0 heterocycles. The molecule has 4 rings (SSSR count). The van der Waals surface area contributed by atoms with Crippen LogP contribution in [0.1, 0.15) is 77.0 Å². The van der Waals surface area contributed by atoms with Crippen molar-refractivity contribution >= 4 is 16.7 Å². The fourth-order valence-electron chi connectivity index (χ4n) is 5.53. The smallest absolute Gasteiger partial charge is 0.420 e. The van der Waals surface area contributed by atoms with Crippen molar-refractivity contribution in [3.63, 3.8) is 0 Å². The number of halogens is 3. The van der Waals surface area contributed by atoms with E-state index in [1.807, 2.05) is 26.8 Å². The van der Waals surface area contributed by atoms with E-state index in [0.29, 0.717) is 17.7 Å². The largest absolute Gasteiger partial charge is 0.490 e. The van der Waals surface area contributed by atoms with Crippen molar-refractivity contribution in [2.45, 2.75) is 84.2 Å². The van der Waals surface area contributed by atoms with Crippen molar-refractivity contribution in [3.8, 4) is 5.75 Å². The highest BCUT2D eigenvalue weighted by Gasteiger charge is 2.52. The minimum Gasteiger partial charge on any atom is -0.490 e. The maximum atomic E-state index is 14.3. The van der Waals surface area contributed by atoms with Crippen molar-refractivity contribution in [2.24, 2.45) is 17.3 Å². The van der Waals surface area contributed by atoms with Gasteiger partial charge in [0.1, 0.15) is 11.3 Å². The molecule has 2 aromatic carbocycles. The Kier molecular flexibility index (Phi) is 6.62. The first-order valence-corrected chi connectivity index (χ1v) is 12.2. The zero-order valence-electron chi connectivity index (χ0n) is 20.2. The molecule has 3 atom stereocenters. The van der Waals surface area contributed by atoms with Gasteiger partial charge < -0.3 is 15.2 Å². The van der Waals surface area contributed by atoms with E-state index in [1.165, 1.54) is 6.07 Å². The molecule has 2 aliphatic rings. The molecule has 2 N–H and O–H groups in total. The summed E-state index contributed by atoms with van der Waals surface area (Å²) in [5.41, 5.74) is -0.407. The monoisotopic (exact) mass is 477 g/mol. The van der Waals surface area contributed by atoms with Crippen molar-refractivity contribution in [1.29, 1.82) is 0 Å². The fraction of sp³-hybridized carbons (Fsp3) is 0.593. The number of nitrogens with one attached hydrogen (secondary N) is 1. The first-order valence-electron chi connectivity index (χ1n) is 12.2. The summed E-state index contributed by atoms with van der Waals surface area (Å²) in [7, 11) is 0. The van der Waals surface area contributed by atoms with Gasteiger partial charge in [-0.2, -0.15) is 13.2 Å². The molecular weight excluding hydrogens is 443 g/mol. The Morgan fingerprint density at radius 1 is 1.15 bits per heavy atom. The lowest BCUT2D eigenvalue weighted by Crippen LogP contribution is -2.59. The molecule has 0 radical (unpaired) electrons. The highest BCUT2D eigenvalue weighted by Crippen LogP contribution is 2.47. The Bertz CT molecular complexity index is 1060. The second-order valence-corrected chi connectivity index (χ2v) is 10.8. The molecule has 0 aliphatic heterocycles. The third kappa shape index (κ3) is 4.77. The summed E-state index contributed by atoms with van der Waals surface area (Å²) < 4.78 is 48.7. The van der Waals surface area contributed by atoms with Crippen molar-refractivity contribution in [3.05, 3.63) is 41.5 Å². The second kappa shape index (κ2) is 9.06. The Morgan fingerprint density at radius 3 is 2.38 bits per heavy atom. The predicted octanol–water partition coefficient (Wildman–Crippen LogP) is 6.97. The average molecular weight is 478 g/mol. The number of alkyl halides is 3. The number of carbonyl (C=O) groups is 1. The number of hydrogen-bond donors (Lipinski definition) is 2. The van der Waals surface area contributed by atoms with E-state index in [1.54, 1.807) is 18.2 Å². The molecule has 1 unspecified atom stereocenters. The van der Waals surface area contributed by atoms with Gasteiger partial charge in [0.25, 0.3) is 0 Å². The van der Waals surface area contributed by atoms with E-state index in [9.17, 15) is 23.1 Å². The van der Waals surface area contributed by atoms with Gasteiger partial charge in [-0.15, -0.1) is 0 Å². The first-order chi connectivity index (χ1) is 15.9. The third-order valence-electron chi connectivity index (χ3n) is 8.06. The SMILES string of the molecule is CC1CCC(Oc2ccc3ccc(C(C)N[C@H]4C[C@@H](C(=O)O)C4(C)C)cc3c2C(F)(F)F)CC1. The lowest BCUT2D eigenvalue weighted by molar-refractivity contribution is -0.155. The van der Waals surface area contributed by atoms with Gasteiger partial charge in [-0.25, -0.2) is 0 Å². The second-order valence-electron chi connectivity index (χ2n) is 10.8. The summed E-state index contributed by atoms with van der Waals surface area (Å²) in [6, 6.07) is 8.05. The Hall–Kier alpha value is -2.28. The molecule has 186 valence electrons. The van der Waals surface area contributed by atoms with Gasteiger partial charge in [0.05, 0.1) is 12.0 Å². The number of aliphatic carboxylic acids is 1. The number of rotatable bonds is 6. The maximum absolute atomic E-state index is 14.3. The van der Waals surface area contributed by atoms with Crippen molar-refractivity contribution in [2.75, 3.05) is 0 Å². The van der Waals surface area contributed by atoms with E-state index in [2.05, 4.69) is 12.2 Å². The Morgan fingerprint density at radius 2 is 1.79 bits per heavy atom. The molecule has 0 amide bonds. The molecule has 0 saturated heterocycles. The molecule has 0 bridgehead atoms. The van der Waals surface area contributed by atoms with E-state index in [4.69, 9.17) is 4.74 Å². The van der Waals surface area contributed by atoms with Crippen LogP contribution < -0.4 is 10.1 Å². The van der Waals surface area contributed by atoms with Gasteiger partial charge in [0.2, 0.25) is 0 Å². The topological polar surface area (TPSA) is 58.6 Å². The molecule has 34 heavy (non-hydrogen) atoms. The van der Waals surface area contributed by atoms with Gasteiger partial charge in [-0.3, -0.25) is 4.79 Å². The van der Waals surface area contributed by atoms with Crippen LogP contribution in [0.3, 0.4) is 0 Å². The summed E-state index contributed by atoms with van der Waals surface area (Å²) in [5, 5.41) is 13.5.